The van der Waals surface area contributed by atoms with E-state index in [1.54, 1.807) is 19.0 Å². The largest absolute Gasteiger partial charge is 0.338 e. The van der Waals surface area contributed by atoms with Crippen LogP contribution < -0.4 is 10.6 Å². The van der Waals surface area contributed by atoms with Crippen molar-refractivity contribution in [3.8, 4) is 0 Å². The molecule has 1 heterocycles. The Morgan fingerprint density at radius 1 is 1.18 bits per heavy atom. The summed E-state index contributed by atoms with van der Waals surface area (Å²) >= 11 is 0. The fraction of sp³-hybridized carbons (Fsp3) is 0.500. The Morgan fingerprint density at radius 2 is 1.82 bits per heavy atom. The molecule has 120 valence electrons. The van der Waals surface area contributed by atoms with Crippen LogP contribution in [-0.4, -0.2) is 55.6 Å². The molecule has 2 N–H and O–H groups in total. The summed E-state index contributed by atoms with van der Waals surface area (Å²) in [6, 6.07) is 9.26. The van der Waals surface area contributed by atoms with Gasteiger partial charge in [0.2, 0.25) is 0 Å². The number of piperidine rings is 1. The fourth-order valence-corrected chi connectivity index (χ4v) is 2.55. The molecule has 0 aliphatic carbocycles. The van der Waals surface area contributed by atoms with Crippen LogP contribution in [0.25, 0.3) is 0 Å². The minimum Gasteiger partial charge on any atom is -0.338 e. The van der Waals surface area contributed by atoms with Crippen molar-refractivity contribution in [2.75, 3.05) is 39.0 Å². The lowest BCUT2D eigenvalue weighted by Gasteiger charge is -2.33. The van der Waals surface area contributed by atoms with Crippen LogP contribution in [0.3, 0.4) is 0 Å². The third kappa shape index (κ3) is 4.65. The van der Waals surface area contributed by atoms with Gasteiger partial charge < -0.3 is 20.4 Å². The molecular weight excluding hydrogens is 280 g/mol. The van der Waals surface area contributed by atoms with E-state index in [-0.39, 0.29) is 12.1 Å². The molecule has 0 aromatic heterocycles. The molecule has 6 nitrogen and oxygen atoms in total. The normalized spacial score (nSPS) is 15.3. The highest BCUT2D eigenvalue weighted by Crippen LogP contribution is 2.17. The average molecular weight is 304 g/mol. The summed E-state index contributed by atoms with van der Waals surface area (Å²) in [6.45, 7) is 2.15. The highest BCUT2D eigenvalue weighted by Gasteiger charge is 2.23. The van der Waals surface area contributed by atoms with Crippen LogP contribution in [-0.2, 0) is 0 Å². The zero-order chi connectivity index (χ0) is 15.9. The number of anilines is 1. The van der Waals surface area contributed by atoms with E-state index in [2.05, 4.69) is 10.6 Å². The number of nitrogens with zero attached hydrogens (tertiary/aromatic N) is 2. The van der Waals surface area contributed by atoms with Crippen molar-refractivity contribution in [2.24, 2.45) is 5.92 Å². The summed E-state index contributed by atoms with van der Waals surface area (Å²) in [5.74, 6) is 0.424. The number of carbonyl (C=O) groups is 2. The third-order valence-corrected chi connectivity index (χ3v) is 3.85. The summed E-state index contributed by atoms with van der Waals surface area (Å²) in [5, 5.41) is 5.71. The topological polar surface area (TPSA) is 64.7 Å². The van der Waals surface area contributed by atoms with Crippen molar-refractivity contribution in [1.82, 2.24) is 15.1 Å². The molecule has 0 saturated carbocycles. The van der Waals surface area contributed by atoms with E-state index >= 15 is 0 Å². The van der Waals surface area contributed by atoms with Crippen molar-refractivity contribution in [3.63, 3.8) is 0 Å². The first-order valence-electron chi connectivity index (χ1n) is 7.62. The Labute approximate surface area is 131 Å². The Balaban J connectivity index is 1.68. The second-order valence-corrected chi connectivity index (χ2v) is 5.81. The maximum Gasteiger partial charge on any atom is 0.319 e. The minimum absolute atomic E-state index is 0.0632. The number of nitrogens with one attached hydrogen (secondary N) is 2. The molecule has 0 spiro atoms. The molecule has 6 heteroatoms. The van der Waals surface area contributed by atoms with Gasteiger partial charge in [-0.2, -0.15) is 0 Å². The van der Waals surface area contributed by atoms with Crippen molar-refractivity contribution in [2.45, 2.75) is 12.8 Å². The smallest absolute Gasteiger partial charge is 0.319 e. The molecular formula is C16H24N4O2. The van der Waals surface area contributed by atoms with E-state index in [1.807, 2.05) is 35.2 Å². The number of likely N-dealkylation sites (tertiary alicyclic amines) is 1. The highest BCUT2D eigenvalue weighted by atomic mass is 16.2. The van der Waals surface area contributed by atoms with E-state index < -0.39 is 0 Å². The number of urea groups is 2. The predicted octanol–water partition coefficient (Wildman–Crippen LogP) is 2.20. The second kappa shape index (κ2) is 7.68. The summed E-state index contributed by atoms with van der Waals surface area (Å²) in [7, 11) is 3.54. The molecule has 1 aliphatic rings. The first kappa shape index (κ1) is 16.1. The molecule has 1 aromatic carbocycles. The van der Waals surface area contributed by atoms with Gasteiger partial charge in [0.15, 0.2) is 0 Å². The Kier molecular flexibility index (Phi) is 5.63. The number of hydrogen-bond acceptors (Lipinski definition) is 2. The fourth-order valence-electron chi connectivity index (χ4n) is 2.55. The first-order chi connectivity index (χ1) is 10.6. The van der Waals surface area contributed by atoms with Gasteiger partial charge in [-0.05, 0) is 30.9 Å². The van der Waals surface area contributed by atoms with Gasteiger partial charge in [0, 0.05) is 39.4 Å². The zero-order valence-electron chi connectivity index (χ0n) is 13.2. The molecule has 0 atom stereocenters. The van der Waals surface area contributed by atoms with Crippen LogP contribution in [0.15, 0.2) is 30.3 Å². The minimum atomic E-state index is -0.182. The van der Waals surface area contributed by atoms with Crippen molar-refractivity contribution in [1.29, 1.82) is 0 Å². The number of rotatable bonds is 3. The molecule has 0 bridgehead atoms. The number of carbonyl (C=O) groups excluding carboxylic acids is 2. The second-order valence-electron chi connectivity index (χ2n) is 5.81. The number of hydrogen-bond donors (Lipinski definition) is 2. The first-order valence-corrected chi connectivity index (χ1v) is 7.62. The van der Waals surface area contributed by atoms with Gasteiger partial charge in [-0.25, -0.2) is 9.59 Å². The molecule has 22 heavy (non-hydrogen) atoms. The molecule has 1 aliphatic heterocycles. The van der Waals surface area contributed by atoms with Gasteiger partial charge in [-0.1, -0.05) is 18.2 Å². The molecule has 4 amide bonds. The summed E-state index contributed by atoms with van der Waals surface area (Å²) in [5.41, 5.74) is 0.784. The van der Waals surface area contributed by atoms with Crippen LogP contribution in [0.2, 0.25) is 0 Å². The van der Waals surface area contributed by atoms with Crippen LogP contribution in [0.1, 0.15) is 12.8 Å². The molecule has 1 saturated heterocycles. The van der Waals surface area contributed by atoms with Gasteiger partial charge in [-0.15, -0.1) is 0 Å². The van der Waals surface area contributed by atoms with E-state index in [4.69, 9.17) is 0 Å². The quantitative estimate of drug-likeness (QED) is 0.899. The Hall–Kier alpha value is -2.24. The SMILES string of the molecule is CN(C)C(=O)N1CCC(CNC(=O)Nc2ccccc2)CC1. The van der Waals surface area contributed by atoms with Crippen LogP contribution >= 0.6 is 0 Å². The van der Waals surface area contributed by atoms with E-state index in [0.717, 1.165) is 31.6 Å². The Morgan fingerprint density at radius 3 is 2.41 bits per heavy atom. The van der Waals surface area contributed by atoms with Crippen molar-refractivity contribution < 1.29 is 9.59 Å². The molecule has 0 unspecified atom stereocenters. The average Bonchev–Trinajstić information content (AvgIpc) is 2.53. The number of amides is 4. The van der Waals surface area contributed by atoms with Gasteiger partial charge in [0.05, 0.1) is 0 Å². The lowest BCUT2D eigenvalue weighted by molar-refractivity contribution is 0.147. The molecule has 1 fully saturated rings. The van der Waals surface area contributed by atoms with E-state index in [9.17, 15) is 9.59 Å². The maximum atomic E-state index is 11.8. The van der Waals surface area contributed by atoms with Crippen LogP contribution in [0.4, 0.5) is 15.3 Å². The molecule has 2 rings (SSSR count). The van der Waals surface area contributed by atoms with E-state index in [0.29, 0.717) is 12.5 Å². The lowest BCUT2D eigenvalue weighted by Crippen LogP contribution is -2.45. The maximum absolute atomic E-state index is 11.8. The number of benzene rings is 1. The van der Waals surface area contributed by atoms with Gasteiger partial charge >= 0.3 is 12.1 Å². The highest BCUT2D eigenvalue weighted by molar-refractivity contribution is 5.89. The summed E-state index contributed by atoms with van der Waals surface area (Å²) in [4.78, 5) is 27.1. The zero-order valence-corrected chi connectivity index (χ0v) is 13.2. The Bertz CT molecular complexity index is 496. The van der Waals surface area contributed by atoms with Gasteiger partial charge in [-0.3, -0.25) is 0 Å². The van der Waals surface area contributed by atoms with E-state index in [1.165, 1.54) is 0 Å². The van der Waals surface area contributed by atoms with Crippen molar-refractivity contribution in [3.05, 3.63) is 30.3 Å². The van der Waals surface area contributed by atoms with Crippen LogP contribution in [0, 0.1) is 5.92 Å². The summed E-state index contributed by atoms with van der Waals surface area (Å²) in [6.07, 6.45) is 1.84. The lowest BCUT2D eigenvalue weighted by atomic mass is 9.97. The third-order valence-electron chi connectivity index (χ3n) is 3.85. The monoisotopic (exact) mass is 304 g/mol. The van der Waals surface area contributed by atoms with Crippen molar-refractivity contribution >= 4 is 17.7 Å². The predicted molar refractivity (Wildman–Crippen MR) is 86.8 cm³/mol. The van der Waals surface area contributed by atoms with Crippen LogP contribution in [0.5, 0.6) is 0 Å². The molecule has 1 aromatic rings. The van der Waals surface area contributed by atoms with Gasteiger partial charge in [0.25, 0.3) is 0 Å². The van der Waals surface area contributed by atoms with Gasteiger partial charge in [0.1, 0.15) is 0 Å². The number of para-hydroxylation sites is 1. The summed E-state index contributed by atoms with van der Waals surface area (Å²) < 4.78 is 0. The molecule has 0 radical (unpaired) electrons. The standard InChI is InChI=1S/C16H24N4O2/c1-19(2)16(22)20-10-8-13(9-11-20)12-17-15(21)18-14-6-4-3-5-7-14/h3-7,13H,8-12H2,1-2H3,(H2,17,18,21).